The zero-order chi connectivity index (χ0) is 44.4. The molecule has 0 aromatic carbocycles. The Hall–Kier alpha value is -0.500. The molecule has 0 bridgehead atoms. The second-order valence-corrected chi connectivity index (χ2v) is 19.9. The van der Waals surface area contributed by atoms with Gasteiger partial charge in [0.05, 0.1) is 19.8 Å². The van der Waals surface area contributed by atoms with E-state index in [0.29, 0.717) is 13.0 Å². The quantitative estimate of drug-likeness (QED) is 0.0352. The van der Waals surface area contributed by atoms with Gasteiger partial charge in [-0.25, -0.2) is 4.57 Å². The van der Waals surface area contributed by atoms with Gasteiger partial charge in [0.1, 0.15) is 6.10 Å². The molecule has 3 N–H and O–H groups in total. The minimum absolute atomic E-state index is 0.0896. The van der Waals surface area contributed by atoms with E-state index in [1.165, 1.54) is 238 Å². The predicted molar refractivity (Wildman–Crippen MR) is 261 cm³/mol. The Bertz CT molecular complexity index is 909. The lowest BCUT2D eigenvalue weighted by molar-refractivity contribution is -0.154. The smallest absolute Gasteiger partial charge is 0.457 e. The van der Waals surface area contributed by atoms with Crippen molar-refractivity contribution in [2.24, 2.45) is 5.73 Å². The van der Waals surface area contributed by atoms with Gasteiger partial charge in [-0.05, 0) is 12.8 Å². The molecule has 0 saturated carbocycles. The number of phosphoric ester groups is 1. The zero-order valence-electron chi connectivity index (χ0n) is 40.9. The first kappa shape index (κ1) is 60.5. The molecule has 0 saturated heterocycles. The summed E-state index contributed by atoms with van der Waals surface area (Å²) in [5.41, 5.74) is 5.40. The van der Waals surface area contributed by atoms with Gasteiger partial charge in [-0.15, -0.1) is 0 Å². The van der Waals surface area contributed by atoms with Crippen molar-refractivity contribution in [3.8, 4) is 0 Å². The van der Waals surface area contributed by atoms with Crippen molar-refractivity contribution in [3.05, 3.63) is 0 Å². The van der Waals surface area contributed by atoms with E-state index in [1.807, 2.05) is 0 Å². The molecule has 0 aromatic heterocycles. The van der Waals surface area contributed by atoms with Gasteiger partial charge in [-0.2, -0.15) is 0 Å². The van der Waals surface area contributed by atoms with Crippen molar-refractivity contribution in [1.29, 1.82) is 0 Å². The molecular formula is C52H106NO7P. The maximum atomic E-state index is 12.7. The van der Waals surface area contributed by atoms with E-state index < -0.39 is 13.9 Å². The van der Waals surface area contributed by atoms with Gasteiger partial charge in [-0.3, -0.25) is 13.8 Å². The number of hydrogen-bond acceptors (Lipinski definition) is 7. The lowest BCUT2D eigenvalue weighted by Gasteiger charge is -2.20. The molecule has 9 heteroatoms. The van der Waals surface area contributed by atoms with Gasteiger partial charge >= 0.3 is 13.8 Å². The van der Waals surface area contributed by atoms with Gasteiger partial charge in [0.25, 0.3) is 0 Å². The Morgan fingerprint density at radius 3 is 1.03 bits per heavy atom. The number of carbonyl (C=O) groups is 1. The summed E-state index contributed by atoms with van der Waals surface area (Å²) in [5.74, 6) is -0.320. The van der Waals surface area contributed by atoms with Crippen LogP contribution in [0, 0.1) is 0 Å². The molecule has 61 heavy (non-hydrogen) atoms. The van der Waals surface area contributed by atoms with E-state index in [4.69, 9.17) is 24.3 Å². The highest BCUT2D eigenvalue weighted by Crippen LogP contribution is 2.43. The first-order chi connectivity index (χ1) is 29.9. The largest absolute Gasteiger partial charge is 0.472 e. The molecule has 0 amide bonds. The third-order valence-electron chi connectivity index (χ3n) is 12.3. The minimum Gasteiger partial charge on any atom is -0.457 e. The number of phosphoric acid groups is 1. The van der Waals surface area contributed by atoms with Crippen LogP contribution in [0.1, 0.15) is 290 Å². The van der Waals surface area contributed by atoms with Crippen LogP contribution in [0.25, 0.3) is 0 Å². The Labute approximate surface area is 380 Å². The van der Waals surface area contributed by atoms with E-state index in [9.17, 15) is 14.3 Å². The summed E-state index contributed by atoms with van der Waals surface area (Å²) in [6, 6.07) is 0. The van der Waals surface area contributed by atoms with Gasteiger partial charge in [0.2, 0.25) is 0 Å². The second kappa shape index (κ2) is 50.5. The predicted octanol–water partition coefficient (Wildman–Crippen LogP) is 16.8. The number of rotatable bonds is 53. The standard InChI is InChI=1S/C52H106NO7P/c1-3-5-7-9-11-13-15-17-19-21-23-24-25-26-27-29-31-33-35-37-39-41-43-45-52(54)60-51(50-59-61(55,56)58-48-46-53)49-57-47-44-42-40-38-36-34-32-30-28-22-20-18-16-14-12-10-8-6-4-2/h51H,3-50,53H2,1-2H3,(H,55,56). The molecule has 0 radical (unpaired) electrons. The highest BCUT2D eigenvalue weighted by Gasteiger charge is 2.25. The first-order valence-corrected chi connectivity index (χ1v) is 28.5. The topological polar surface area (TPSA) is 117 Å². The molecule has 0 rings (SSSR count). The maximum Gasteiger partial charge on any atom is 0.472 e. The van der Waals surface area contributed by atoms with E-state index in [2.05, 4.69) is 13.8 Å². The lowest BCUT2D eigenvalue weighted by atomic mass is 10.0. The first-order valence-electron chi connectivity index (χ1n) is 27.0. The van der Waals surface area contributed by atoms with Crippen LogP contribution in [0.4, 0.5) is 0 Å². The third kappa shape index (κ3) is 50.4. The number of nitrogens with two attached hydrogens (primary N) is 1. The highest BCUT2D eigenvalue weighted by atomic mass is 31.2. The van der Waals surface area contributed by atoms with Crippen molar-refractivity contribution in [1.82, 2.24) is 0 Å². The number of unbranched alkanes of at least 4 members (excludes halogenated alkanes) is 40. The van der Waals surface area contributed by atoms with Gasteiger partial charge in [-0.1, -0.05) is 271 Å². The molecule has 0 heterocycles. The van der Waals surface area contributed by atoms with Gasteiger partial charge in [0, 0.05) is 19.6 Å². The van der Waals surface area contributed by atoms with Crippen molar-refractivity contribution in [3.63, 3.8) is 0 Å². The molecular weight excluding hydrogens is 782 g/mol. The van der Waals surface area contributed by atoms with Crippen molar-refractivity contribution < 1.29 is 32.8 Å². The lowest BCUT2D eigenvalue weighted by Crippen LogP contribution is -2.28. The Balaban J connectivity index is 3.84. The summed E-state index contributed by atoms with van der Waals surface area (Å²) >= 11 is 0. The van der Waals surface area contributed by atoms with Crippen molar-refractivity contribution in [2.75, 3.05) is 33.0 Å². The van der Waals surface area contributed by atoms with Crippen LogP contribution < -0.4 is 5.73 Å². The summed E-state index contributed by atoms with van der Waals surface area (Å²) in [7, 11) is -4.28. The van der Waals surface area contributed by atoms with Gasteiger partial charge in [0.15, 0.2) is 0 Å². The van der Waals surface area contributed by atoms with Crippen LogP contribution in [0.3, 0.4) is 0 Å². The summed E-state index contributed by atoms with van der Waals surface area (Å²) in [6.45, 7) is 5.02. The highest BCUT2D eigenvalue weighted by molar-refractivity contribution is 7.47. The molecule has 2 atom stereocenters. The number of carbonyl (C=O) groups excluding carboxylic acids is 1. The normalized spacial score (nSPS) is 13.2. The van der Waals surface area contributed by atoms with E-state index >= 15 is 0 Å². The molecule has 0 aliphatic heterocycles. The zero-order valence-corrected chi connectivity index (χ0v) is 41.8. The summed E-state index contributed by atoms with van der Waals surface area (Å²) in [6.07, 6.45) is 55.7. The number of esters is 1. The Morgan fingerprint density at radius 2 is 0.721 bits per heavy atom. The molecule has 0 spiro atoms. The molecule has 0 aliphatic carbocycles. The molecule has 0 fully saturated rings. The fourth-order valence-corrected chi connectivity index (χ4v) is 9.06. The van der Waals surface area contributed by atoms with Crippen LogP contribution in [0.15, 0.2) is 0 Å². The fourth-order valence-electron chi connectivity index (χ4n) is 8.30. The van der Waals surface area contributed by atoms with Crippen LogP contribution in [-0.2, 0) is 27.9 Å². The maximum absolute atomic E-state index is 12.7. The summed E-state index contributed by atoms with van der Waals surface area (Å²) < 4.78 is 33.6. The SMILES string of the molecule is CCCCCCCCCCCCCCCCCCCCCCCCCC(=O)OC(COCCCCCCCCCCCCCCCCCCCCC)COP(=O)(O)OCCN. The molecule has 2 unspecified atom stereocenters. The molecule has 0 aliphatic rings. The van der Waals surface area contributed by atoms with Crippen LogP contribution in [-0.4, -0.2) is 49.9 Å². The monoisotopic (exact) mass is 888 g/mol. The average Bonchev–Trinajstić information content (AvgIpc) is 3.25. The second-order valence-electron chi connectivity index (χ2n) is 18.5. The third-order valence-corrected chi connectivity index (χ3v) is 13.3. The average molecular weight is 888 g/mol. The summed E-state index contributed by atoms with van der Waals surface area (Å²) in [5, 5.41) is 0. The van der Waals surface area contributed by atoms with Crippen LogP contribution in [0.5, 0.6) is 0 Å². The fraction of sp³-hybridized carbons (Fsp3) is 0.981. The van der Waals surface area contributed by atoms with E-state index in [0.717, 1.165) is 32.1 Å². The van der Waals surface area contributed by atoms with E-state index in [1.54, 1.807) is 0 Å². The molecule has 0 aromatic rings. The Kier molecular flexibility index (Phi) is 50.1. The number of ether oxygens (including phenoxy) is 2. The minimum atomic E-state index is -4.28. The van der Waals surface area contributed by atoms with Crippen molar-refractivity contribution in [2.45, 2.75) is 296 Å². The number of hydrogen-bond donors (Lipinski definition) is 2. The molecule has 8 nitrogen and oxygen atoms in total. The van der Waals surface area contributed by atoms with Gasteiger partial charge < -0.3 is 20.1 Å². The van der Waals surface area contributed by atoms with E-state index in [-0.39, 0.29) is 32.3 Å². The Morgan fingerprint density at radius 1 is 0.426 bits per heavy atom. The summed E-state index contributed by atoms with van der Waals surface area (Å²) in [4.78, 5) is 22.6. The van der Waals surface area contributed by atoms with Crippen LogP contribution in [0.2, 0.25) is 0 Å². The molecule has 366 valence electrons. The van der Waals surface area contributed by atoms with Crippen LogP contribution >= 0.6 is 7.82 Å². The van der Waals surface area contributed by atoms with Crippen molar-refractivity contribution >= 4 is 13.8 Å².